The van der Waals surface area contributed by atoms with Gasteiger partial charge >= 0.3 is 0 Å². The second-order valence-electron chi connectivity index (χ2n) is 3.53. The van der Waals surface area contributed by atoms with E-state index < -0.39 is 0 Å². The van der Waals surface area contributed by atoms with E-state index in [1.54, 1.807) is 11.7 Å². The van der Waals surface area contributed by atoms with Gasteiger partial charge in [-0.3, -0.25) is 9.48 Å². The Hall–Kier alpha value is -1.23. The van der Waals surface area contributed by atoms with Gasteiger partial charge in [-0.1, -0.05) is 0 Å². The number of hydrogen-bond donors (Lipinski definition) is 1. The molecular weight excluding hydrogens is 180 g/mol. The van der Waals surface area contributed by atoms with Crippen molar-refractivity contribution in [3.8, 4) is 0 Å². The zero-order chi connectivity index (χ0) is 10.6. The van der Waals surface area contributed by atoms with Crippen LogP contribution in [0.4, 0.5) is 0 Å². The predicted molar refractivity (Wildman–Crippen MR) is 52.6 cm³/mol. The Morgan fingerprint density at radius 1 is 1.71 bits per heavy atom. The number of nitrogens with two attached hydrogens (primary N) is 1. The molecule has 1 rings (SSSR count). The van der Waals surface area contributed by atoms with Crippen LogP contribution >= 0.6 is 0 Å². The third-order valence-corrected chi connectivity index (χ3v) is 2.04. The lowest BCUT2D eigenvalue weighted by Crippen LogP contribution is -2.17. The number of hydrogen-bond acceptors (Lipinski definition) is 4. The van der Waals surface area contributed by atoms with Crippen LogP contribution in [0.25, 0.3) is 0 Å². The Bertz CT molecular complexity index is 306. The number of Topliss-reactive ketones (excluding diaryl/α,β-unsaturated/α-hetero) is 1. The van der Waals surface area contributed by atoms with Gasteiger partial charge in [-0.25, -0.2) is 4.98 Å². The molecule has 1 unspecified atom stereocenters. The molecule has 0 saturated heterocycles. The highest BCUT2D eigenvalue weighted by Gasteiger charge is 2.08. The molecule has 1 heterocycles. The number of ketones is 1. The number of aryl methyl sites for hydroxylation is 1. The van der Waals surface area contributed by atoms with Gasteiger partial charge in [0.2, 0.25) is 0 Å². The summed E-state index contributed by atoms with van der Waals surface area (Å²) in [6.45, 7) is 1.90. The quantitative estimate of drug-likeness (QED) is 0.722. The van der Waals surface area contributed by atoms with E-state index in [0.717, 1.165) is 6.42 Å². The fraction of sp³-hybridized carbons (Fsp3) is 0.667. The van der Waals surface area contributed by atoms with E-state index in [9.17, 15) is 4.79 Å². The summed E-state index contributed by atoms with van der Waals surface area (Å²) in [6.07, 6.45) is 3.05. The number of carbonyl (C=O) groups excluding carboxylic acids is 1. The number of aromatic nitrogens is 3. The average Bonchev–Trinajstić information content (AvgIpc) is 2.49. The molecule has 2 N–H and O–H groups in total. The van der Waals surface area contributed by atoms with Crippen LogP contribution in [-0.2, 0) is 18.3 Å². The Balaban J connectivity index is 2.38. The molecule has 0 saturated carbocycles. The smallest absolute Gasteiger partial charge is 0.140 e. The van der Waals surface area contributed by atoms with Crippen LogP contribution in [0.1, 0.15) is 25.6 Å². The summed E-state index contributed by atoms with van der Waals surface area (Å²) in [4.78, 5) is 15.4. The largest absolute Gasteiger partial charge is 0.328 e. The average molecular weight is 196 g/mol. The maximum absolute atomic E-state index is 11.4. The Morgan fingerprint density at radius 3 is 2.93 bits per heavy atom. The zero-order valence-electron chi connectivity index (χ0n) is 8.60. The minimum atomic E-state index is 0.0819. The van der Waals surface area contributed by atoms with Crippen LogP contribution in [0.15, 0.2) is 6.33 Å². The van der Waals surface area contributed by atoms with E-state index >= 15 is 0 Å². The highest BCUT2D eigenvalue weighted by atomic mass is 16.1. The molecule has 0 amide bonds. The van der Waals surface area contributed by atoms with Gasteiger partial charge in [-0.05, 0) is 13.3 Å². The topological polar surface area (TPSA) is 73.8 Å². The molecule has 14 heavy (non-hydrogen) atoms. The molecule has 0 bridgehead atoms. The summed E-state index contributed by atoms with van der Waals surface area (Å²) in [5.41, 5.74) is 5.56. The summed E-state index contributed by atoms with van der Waals surface area (Å²) in [5.74, 6) is 0.873. The zero-order valence-corrected chi connectivity index (χ0v) is 8.60. The minimum absolute atomic E-state index is 0.0819. The molecule has 1 atom stereocenters. The third-order valence-electron chi connectivity index (χ3n) is 2.04. The number of rotatable bonds is 5. The normalized spacial score (nSPS) is 12.8. The van der Waals surface area contributed by atoms with Crippen LogP contribution < -0.4 is 5.73 Å². The molecule has 1 aromatic heterocycles. The van der Waals surface area contributed by atoms with E-state index in [-0.39, 0.29) is 11.8 Å². The van der Waals surface area contributed by atoms with Crippen molar-refractivity contribution in [1.29, 1.82) is 0 Å². The number of nitrogens with zero attached hydrogens (tertiary/aromatic N) is 3. The van der Waals surface area contributed by atoms with E-state index in [4.69, 9.17) is 5.73 Å². The fourth-order valence-corrected chi connectivity index (χ4v) is 1.13. The highest BCUT2D eigenvalue weighted by molar-refractivity contribution is 5.80. The molecule has 0 aliphatic heterocycles. The van der Waals surface area contributed by atoms with Crippen LogP contribution in [0.2, 0.25) is 0 Å². The van der Waals surface area contributed by atoms with Crippen molar-refractivity contribution in [2.24, 2.45) is 12.8 Å². The number of carbonyl (C=O) groups is 1. The standard InChI is InChI=1S/C9H16N4O/c1-7(10)3-4-8(14)5-9-11-6-12-13(9)2/h6-7H,3-5,10H2,1-2H3. The molecule has 5 heteroatoms. The van der Waals surface area contributed by atoms with Crippen LogP contribution in [0, 0.1) is 0 Å². The maximum Gasteiger partial charge on any atom is 0.140 e. The van der Waals surface area contributed by atoms with Crippen molar-refractivity contribution in [2.75, 3.05) is 0 Å². The SMILES string of the molecule is CC(N)CCC(=O)Cc1ncnn1C. The molecule has 0 aliphatic rings. The van der Waals surface area contributed by atoms with E-state index in [1.165, 1.54) is 6.33 Å². The van der Waals surface area contributed by atoms with Crippen LogP contribution in [0.3, 0.4) is 0 Å². The second-order valence-corrected chi connectivity index (χ2v) is 3.53. The van der Waals surface area contributed by atoms with Gasteiger partial charge in [-0.2, -0.15) is 5.10 Å². The van der Waals surface area contributed by atoms with E-state index in [0.29, 0.717) is 18.7 Å². The van der Waals surface area contributed by atoms with Crippen molar-refractivity contribution in [2.45, 2.75) is 32.2 Å². The highest BCUT2D eigenvalue weighted by Crippen LogP contribution is 2.00. The van der Waals surface area contributed by atoms with Crippen molar-refractivity contribution in [3.05, 3.63) is 12.2 Å². The van der Waals surface area contributed by atoms with E-state index in [2.05, 4.69) is 10.1 Å². The molecule has 0 aromatic carbocycles. The minimum Gasteiger partial charge on any atom is -0.328 e. The second kappa shape index (κ2) is 4.85. The van der Waals surface area contributed by atoms with Crippen molar-refractivity contribution in [1.82, 2.24) is 14.8 Å². The summed E-state index contributed by atoms with van der Waals surface area (Å²) < 4.78 is 1.61. The predicted octanol–water partition coefficient (Wildman–Crippen LogP) is 0.0541. The lowest BCUT2D eigenvalue weighted by atomic mass is 10.1. The van der Waals surface area contributed by atoms with Crippen molar-refractivity contribution < 1.29 is 4.79 Å². The molecule has 78 valence electrons. The molecule has 5 nitrogen and oxygen atoms in total. The molecule has 0 radical (unpaired) electrons. The first-order valence-corrected chi connectivity index (χ1v) is 4.69. The van der Waals surface area contributed by atoms with Crippen molar-refractivity contribution in [3.63, 3.8) is 0 Å². The molecule has 0 fully saturated rings. The first kappa shape index (κ1) is 10.8. The van der Waals surface area contributed by atoms with E-state index in [1.807, 2.05) is 6.92 Å². The summed E-state index contributed by atoms with van der Waals surface area (Å²) in [6, 6.07) is 0.0819. The first-order chi connectivity index (χ1) is 6.59. The lowest BCUT2D eigenvalue weighted by Gasteiger charge is -2.03. The summed E-state index contributed by atoms with van der Waals surface area (Å²) in [5, 5.41) is 3.89. The Morgan fingerprint density at radius 2 is 2.43 bits per heavy atom. The summed E-state index contributed by atoms with van der Waals surface area (Å²) in [7, 11) is 1.78. The first-order valence-electron chi connectivity index (χ1n) is 4.69. The van der Waals surface area contributed by atoms with Crippen LogP contribution in [0.5, 0.6) is 0 Å². The van der Waals surface area contributed by atoms with Gasteiger partial charge in [0.1, 0.15) is 17.9 Å². The Labute approximate surface area is 83.3 Å². The van der Waals surface area contributed by atoms with Gasteiger partial charge < -0.3 is 5.73 Å². The van der Waals surface area contributed by atoms with Crippen LogP contribution in [-0.4, -0.2) is 26.6 Å². The maximum atomic E-state index is 11.4. The van der Waals surface area contributed by atoms with Gasteiger partial charge in [0, 0.05) is 19.5 Å². The fourth-order valence-electron chi connectivity index (χ4n) is 1.13. The molecule has 0 aliphatic carbocycles. The van der Waals surface area contributed by atoms with Gasteiger partial charge in [-0.15, -0.1) is 0 Å². The monoisotopic (exact) mass is 196 g/mol. The molecule has 0 spiro atoms. The summed E-state index contributed by atoms with van der Waals surface area (Å²) >= 11 is 0. The van der Waals surface area contributed by atoms with Gasteiger partial charge in [0.25, 0.3) is 0 Å². The molecular formula is C9H16N4O. The Kier molecular flexibility index (Phi) is 3.76. The third kappa shape index (κ3) is 3.26. The van der Waals surface area contributed by atoms with Gasteiger partial charge in [0.15, 0.2) is 0 Å². The lowest BCUT2D eigenvalue weighted by molar-refractivity contribution is -0.118. The molecule has 1 aromatic rings. The van der Waals surface area contributed by atoms with Crippen molar-refractivity contribution >= 4 is 5.78 Å². The van der Waals surface area contributed by atoms with Gasteiger partial charge in [0.05, 0.1) is 6.42 Å².